The Hall–Kier alpha value is -1.72. The molecule has 0 spiro atoms. The second-order valence-electron chi connectivity index (χ2n) is 7.65. The molecule has 1 aliphatic heterocycles. The number of likely N-dealkylation sites (N-methyl/N-ethyl adjacent to an activating group) is 1. The van der Waals surface area contributed by atoms with Crippen molar-refractivity contribution in [3.63, 3.8) is 0 Å². The van der Waals surface area contributed by atoms with Crippen LogP contribution < -0.4 is 5.32 Å². The lowest BCUT2D eigenvalue weighted by atomic mass is 9.75. The van der Waals surface area contributed by atoms with Crippen LogP contribution in [-0.2, 0) is 11.8 Å². The maximum atomic E-state index is 4.80. The van der Waals surface area contributed by atoms with E-state index < -0.39 is 0 Å². The van der Waals surface area contributed by atoms with E-state index in [1.165, 1.54) is 22.5 Å². The van der Waals surface area contributed by atoms with Crippen molar-refractivity contribution in [2.75, 3.05) is 33.2 Å². The van der Waals surface area contributed by atoms with Crippen molar-refractivity contribution in [2.45, 2.75) is 45.4 Å². The molecule has 0 unspecified atom stereocenters. The topological polar surface area (TPSA) is 56.8 Å². The molecule has 5 heteroatoms. The number of aromatic amines is 1. The van der Waals surface area contributed by atoms with Gasteiger partial charge in [-0.3, -0.25) is 10.1 Å². The molecule has 2 N–H and O–H groups in total. The number of piperidine rings is 1. The lowest BCUT2D eigenvalue weighted by Gasteiger charge is -2.40. The van der Waals surface area contributed by atoms with Crippen LogP contribution >= 0.6 is 0 Å². The second-order valence-corrected chi connectivity index (χ2v) is 7.65. The average Bonchev–Trinajstić information content (AvgIpc) is 2.92. The Bertz CT molecular complexity index is 663. The van der Waals surface area contributed by atoms with Gasteiger partial charge < -0.3 is 10.2 Å². The summed E-state index contributed by atoms with van der Waals surface area (Å²) < 4.78 is 0. The third-order valence-electron chi connectivity index (χ3n) is 5.61. The van der Waals surface area contributed by atoms with E-state index in [0.29, 0.717) is 0 Å². The van der Waals surface area contributed by atoms with Gasteiger partial charge in [0.1, 0.15) is 0 Å². The largest absolute Gasteiger partial charge is 0.317 e. The molecule has 0 aromatic carbocycles. The summed E-state index contributed by atoms with van der Waals surface area (Å²) in [4.78, 5) is 7.27. The Morgan fingerprint density at radius 1 is 1.16 bits per heavy atom. The SMILES string of the molecule is Cc1ccc(C2(CN(C)CCc3c(C)n[nH]c3C)CCNCC2)nc1. The van der Waals surface area contributed by atoms with E-state index in [0.717, 1.165) is 51.1 Å². The van der Waals surface area contributed by atoms with Gasteiger partial charge in [0.25, 0.3) is 0 Å². The van der Waals surface area contributed by atoms with E-state index in [-0.39, 0.29) is 5.41 Å². The van der Waals surface area contributed by atoms with Crippen LogP contribution in [0.3, 0.4) is 0 Å². The molecule has 0 atom stereocenters. The fraction of sp³-hybridized carbons (Fsp3) is 0.600. The lowest BCUT2D eigenvalue weighted by molar-refractivity contribution is 0.198. The molecule has 0 radical (unpaired) electrons. The Balaban J connectivity index is 1.70. The normalized spacial score (nSPS) is 17.2. The fourth-order valence-electron chi connectivity index (χ4n) is 4.02. The molecule has 136 valence electrons. The smallest absolute Gasteiger partial charge is 0.0626 e. The fourth-order valence-corrected chi connectivity index (χ4v) is 4.02. The van der Waals surface area contributed by atoms with Crippen molar-refractivity contribution in [1.82, 2.24) is 25.4 Å². The summed E-state index contributed by atoms with van der Waals surface area (Å²) in [5.41, 5.74) is 6.33. The third kappa shape index (κ3) is 4.10. The second kappa shape index (κ2) is 7.67. The molecule has 2 aromatic rings. The molecular formula is C20H31N5. The Labute approximate surface area is 151 Å². The summed E-state index contributed by atoms with van der Waals surface area (Å²) in [6.45, 7) is 10.5. The molecule has 1 fully saturated rings. The number of nitrogens with zero attached hydrogens (tertiary/aromatic N) is 3. The maximum Gasteiger partial charge on any atom is 0.0626 e. The highest BCUT2D eigenvalue weighted by atomic mass is 15.1. The number of aromatic nitrogens is 3. The summed E-state index contributed by atoms with van der Waals surface area (Å²) >= 11 is 0. The van der Waals surface area contributed by atoms with Crippen LogP contribution in [0.2, 0.25) is 0 Å². The molecule has 1 saturated heterocycles. The standard InChI is InChI=1S/C20H31N5/c1-15-5-6-19(22-13-15)20(8-10-21-11-9-20)14-25(4)12-7-18-16(2)23-24-17(18)3/h5-6,13,21H,7-12,14H2,1-4H3,(H,23,24). The first-order chi connectivity index (χ1) is 12.0. The zero-order valence-corrected chi connectivity index (χ0v) is 16.0. The molecule has 3 rings (SSSR count). The van der Waals surface area contributed by atoms with Crippen LogP contribution in [0.1, 0.15) is 41.1 Å². The molecular weight excluding hydrogens is 310 g/mol. The molecule has 0 bridgehead atoms. The molecule has 1 aliphatic rings. The minimum Gasteiger partial charge on any atom is -0.317 e. The highest BCUT2D eigenvalue weighted by molar-refractivity contribution is 5.24. The number of aryl methyl sites for hydroxylation is 3. The van der Waals surface area contributed by atoms with Gasteiger partial charge in [0.2, 0.25) is 0 Å². The number of nitrogens with one attached hydrogen (secondary N) is 2. The highest BCUT2D eigenvalue weighted by Crippen LogP contribution is 2.33. The highest BCUT2D eigenvalue weighted by Gasteiger charge is 2.36. The summed E-state index contributed by atoms with van der Waals surface area (Å²) in [6.07, 6.45) is 5.35. The van der Waals surface area contributed by atoms with Gasteiger partial charge in [-0.05, 0) is 77.4 Å². The molecule has 2 aromatic heterocycles. The van der Waals surface area contributed by atoms with E-state index in [4.69, 9.17) is 4.98 Å². The quantitative estimate of drug-likeness (QED) is 0.848. The Morgan fingerprint density at radius 2 is 1.92 bits per heavy atom. The minimum atomic E-state index is 0.161. The Morgan fingerprint density at radius 3 is 2.52 bits per heavy atom. The first-order valence-corrected chi connectivity index (χ1v) is 9.33. The number of hydrogen-bond acceptors (Lipinski definition) is 4. The number of pyridine rings is 1. The molecule has 0 aliphatic carbocycles. The van der Waals surface area contributed by atoms with Crippen molar-refractivity contribution in [3.8, 4) is 0 Å². The van der Waals surface area contributed by atoms with Crippen molar-refractivity contribution in [1.29, 1.82) is 0 Å². The molecule has 25 heavy (non-hydrogen) atoms. The Kier molecular flexibility index (Phi) is 5.54. The molecule has 5 nitrogen and oxygen atoms in total. The first kappa shape index (κ1) is 18.1. The summed E-state index contributed by atoms with van der Waals surface area (Å²) in [6, 6.07) is 4.43. The van der Waals surface area contributed by atoms with Gasteiger partial charge in [0, 0.05) is 36.1 Å². The van der Waals surface area contributed by atoms with E-state index in [1.807, 2.05) is 6.20 Å². The number of H-pyrrole nitrogens is 1. The summed E-state index contributed by atoms with van der Waals surface area (Å²) in [7, 11) is 2.24. The summed E-state index contributed by atoms with van der Waals surface area (Å²) in [5, 5.41) is 10.9. The van der Waals surface area contributed by atoms with Crippen molar-refractivity contribution in [2.24, 2.45) is 0 Å². The number of hydrogen-bond donors (Lipinski definition) is 2. The minimum absolute atomic E-state index is 0.161. The average molecular weight is 342 g/mol. The maximum absolute atomic E-state index is 4.80. The van der Waals surface area contributed by atoms with E-state index >= 15 is 0 Å². The van der Waals surface area contributed by atoms with Crippen LogP contribution in [0, 0.1) is 20.8 Å². The van der Waals surface area contributed by atoms with Gasteiger partial charge in [0.15, 0.2) is 0 Å². The van der Waals surface area contributed by atoms with Gasteiger partial charge in [-0.25, -0.2) is 0 Å². The van der Waals surface area contributed by atoms with E-state index in [9.17, 15) is 0 Å². The van der Waals surface area contributed by atoms with Crippen LogP contribution in [-0.4, -0.2) is 53.3 Å². The third-order valence-corrected chi connectivity index (χ3v) is 5.61. The van der Waals surface area contributed by atoms with Crippen LogP contribution in [0.25, 0.3) is 0 Å². The summed E-state index contributed by atoms with van der Waals surface area (Å²) in [5.74, 6) is 0. The van der Waals surface area contributed by atoms with Gasteiger partial charge in [-0.15, -0.1) is 0 Å². The van der Waals surface area contributed by atoms with Crippen LogP contribution in [0.4, 0.5) is 0 Å². The zero-order chi connectivity index (χ0) is 17.9. The number of rotatable bonds is 6. The van der Waals surface area contributed by atoms with Crippen LogP contribution in [0.15, 0.2) is 18.3 Å². The van der Waals surface area contributed by atoms with E-state index in [1.54, 1.807) is 0 Å². The first-order valence-electron chi connectivity index (χ1n) is 9.33. The van der Waals surface area contributed by atoms with Gasteiger partial charge in [-0.1, -0.05) is 6.07 Å². The molecule has 0 amide bonds. The van der Waals surface area contributed by atoms with Crippen molar-refractivity contribution >= 4 is 0 Å². The zero-order valence-electron chi connectivity index (χ0n) is 16.0. The van der Waals surface area contributed by atoms with E-state index in [2.05, 4.69) is 60.4 Å². The molecule has 0 saturated carbocycles. The predicted octanol–water partition coefficient (Wildman–Crippen LogP) is 2.53. The van der Waals surface area contributed by atoms with Crippen LogP contribution in [0.5, 0.6) is 0 Å². The van der Waals surface area contributed by atoms with Gasteiger partial charge in [-0.2, -0.15) is 5.10 Å². The van der Waals surface area contributed by atoms with Crippen molar-refractivity contribution < 1.29 is 0 Å². The monoisotopic (exact) mass is 341 g/mol. The van der Waals surface area contributed by atoms with Gasteiger partial charge in [0.05, 0.1) is 5.69 Å². The predicted molar refractivity (Wildman–Crippen MR) is 102 cm³/mol. The van der Waals surface area contributed by atoms with Gasteiger partial charge >= 0.3 is 0 Å². The lowest BCUT2D eigenvalue weighted by Crippen LogP contribution is -2.47. The van der Waals surface area contributed by atoms with Crippen molar-refractivity contribution in [3.05, 3.63) is 46.5 Å². The molecule has 3 heterocycles.